The third-order valence-corrected chi connectivity index (χ3v) is 16.4. The predicted molar refractivity (Wildman–Crippen MR) is 389 cm³/mol. The number of phosphoric ester groups is 2. The van der Waals surface area contributed by atoms with E-state index >= 15 is 0 Å². The highest BCUT2D eigenvalue weighted by Crippen LogP contribution is 2.45. The normalized spacial score (nSPS) is 15.0. The van der Waals surface area contributed by atoms with E-state index in [1.54, 1.807) is 0 Å². The molecule has 0 radical (unpaired) electrons. The summed E-state index contributed by atoms with van der Waals surface area (Å²) in [5.74, 6) is -1.62. The van der Waals surface area contributed by atoms with Crippen LogP contribution >= 0.6 is 15.6 Å². The van der Waals surface area contributed by atoms with Gasteiger partial charge in [0.2, 0.25) is 0 Å². The first kappa shape index (κ1) is 90.4. The molecule has 95 heavy (non-hydrogen) atoms. The molecular formula is C77H128O16P2. The molecule has 0 aliphatic rings. The Morgan fingerprint density at radius 2 is 0.558 bits per heavy atom. The fraction of sp³-hybridized carbons (Fsp3) is 0.649. The standard InChI is InChI=1S/C77H128O16P2/c1-4-7-10-13-16-19-22-25-27-29-31-32-33-34-35-36-37-38-40-42-43-46-48-51-54-57-60-63-75(80)87-66-72(78)67-89-94(83,84)90-68-73(79)69-91-95(85,86)92-71-74(93-77(82)65-62-59-56-53-50-45-24-21-18-15-12-9-6-3)70-88-76(81)64-61-58-55-52-49-47-44-41-39-30-28-26-23-20-17-14-11-8-5-2/h7-8,10-12,15-17,19-21,24-28,31-32,34-35,37-39,41,72-74,78-79H,4-6,9,13-14,18,22-23,29-30,33,36,40,42-71H2,1-3H3,(H,83,84)(H,85,86)/b10-7-,11-8-,15-12-,19-16-,20-17-,24-21-,27-25-,28-26-,32-31-,35-34-,38-37-,41-39-. The molecule has 0 aliphatic heterocycles. The molecule has 0 aromatic rings. The van der Waals surface area contributed by atoms with Crippen LogP contribution in [-0.2, 0) is 55.8 Å². The molecule has 0 spiro atoms. The zero-order chi connectivity index (χ0) is 69.5. The lowest BCUT2D eigenvalue weighted by Gasteiger charge is -2.21. The van der Waals surface area contributed by atoms with Crippen molar-refractivity contribution < 1.29 is 75.8 Å². The van der Waals surface area contributed by atoms with Crippen LogP contribution in [0.2, 0.25) is 0 Å². The molecule has 0 heterocycles. The Morgan fingerprint density at radius 1 is 0.305 bits per heavy atom. The number of aliphatic hydroxyl groups is 2. The zero-order valence-electron chi connectivity index (χ0n) is 58.8. The number of hydrogen-bond donors (Lipinski definition) is 4. The van der Waals surface area contributed by atoms with E-state index in [1.165, 1.54) is 19.3 Å². The zero-order valence-corrected chi connectivity index (χ0v) is 60.6. The summed E-state index contributed by atoms with van der Waals surface area (Å²) in [7, 11) is -9.80. The van der Waals surface area contributed by atoms with Crippen LogP contribution in [0.5, 0.6) is 0 Å². The van der Waals surface area contributed by atoms with Crippen molar-refractivity contribution in [3.8, 4) is 0 Å². The summed E-state index contributed by atoms with van der Waals surface area (Å²) >= 11 is 0. The molecule has 5 unspecified atom stereocenters. The van der Waals surface area contributed by atoms with Gasteiger partial charge in [0.15, 0.2) is 6.10 Å². The van der Waals surface area contributed by atoms with Gasteiger partial charge in [0.25, 0.3) is 0 Å². The molecule has 0 aliphatic carbocycles. The molecule has 0 saturated heterocycles. The molecular weight excluding hydrogens is 1240 g/mol. The molecule has 5 atom stereocenters. The van der Waals surface area contributed by atoms with E-state index in [0.717, 1.165) is 186 Å². The van der Waals surface area contributed by atoms with E-state index in [9.17, 15) is 43.5 Å². The van der Waals surface area contributed by atoms with Gasteiger partial charge >= 0.3 is 33.6 Å². The summed E-state index contributed by atoms with van der Waals surface area (Å²) in [6.07, 6.45) is 83.3. The van der Waals surface area contributed by atoms with Crippen LogP contribution in [0, 0.1) is 0 Å². The monoisotopic (exact) mass is 1370 g/mol. The molecule has 0 bridgehead atoms. The highest BCUT2D eigenvalue weighted by molar-refractivity contribution is 7.47. The van der Waals surface area contributed by atoms with E-state index in [0.29, 0.717) is 19.3 Å². The minimum atomic E-state index is -4.94. The fourth-order valence-electron chi connectivity index (χ4n) is 9.07. The van der Waals surface area contributed by atoms with Gasteiger partial charge in [-0.2, -0.15) is 0 Å². The Kier molecular flexibility index (Phi) is 66.0. The van der Waals surface area contributed by atoms with Crippen molar-refractivity contribution >= 4 is 33.6 Å². The number of esters is 3. The van der Waals surface area contributed by atoms with Crippen molar-refractivity contribution in [1.82, 2.24) is 0 Å². The molecule has 18 heteroatoms. The number of aliphatic hydroxyl groups excluding tert-OH is 2. The maximum atomic E-state index is 12.9. The Morgan fingerprint density at radius 3 is 0.884 bits per heavy atom. The van der Waals surface area contributed by atoms with Crippen LogP contribution in [0.25, 0.3) is 0 Å². The van der Waals surface area contributed by atoms with E-state index in [-0.39, 0.29) is 19.3 Å². The molecule has 0 rings (SSSR count). The topological polar surface area (TPSA) is 231 Å². The predicted octanol–water partition coefficient (Wildman–Crippen LogP) is 20.5. The molecule has 0 amide bonds. The summed E-state index contributed by atoms with van der Waals surface area (Å²) in [6.45, 7) is 2.32. The van der Waals surface area contributed by atoms with Gasteiger partial charge in [0.05, 0.1) is 26.4 Å². The summed E-state index contributed by atoms with van der Waals surface area (Å²) < 4.78 is 60.9. The second kappa shape index (κ2) is 69.3. The molecule has 4 N–H and O–H groups in total. The summed E-state index contributed by atoms with van der Waals surface area (Å²) in [4.78, 5) is 58.4. The van der Waals surface area contributed by atoms with Crippen LogP contribution in [-0.4, -0.2) is 95.9 Å². The fourth-order valence-corrected chi connectivity index (χ4v) is 10.7. The number of carbonyl (C=O) groups excluding carboxylic acids is 3. The Balaban J connectivity index is 4.57. The molecule has 0 saturated carbocycles. The number of ether oxygens (including phenoxy) is 3. The van der Waals surface area contributed by atoms with Gasteiger partial charge in [-0.3, -0.25) is 32.5 Å². The van der Waals surface area contributed by atoms with E-state index in [1.807, 2.05) is 0 Å². The Labute approximate surface area is 575 Å². The lowest BCUT2D eigenvalue weighted by atomic mass is 10.1. The third-order valence-electron chi connectivity index (χ3n) is 14.5. The molecule has 0 fully saturated rings. The smallest absolute Gasteiger partial charge is 0.463 e. The van der Waals surface area contributed by atoms with Gasteiger partial charge < -0.3 is 34.2 Å². The summed E-state index contributed by atoms with van der Waals surface area (Å²) in [5.41, 5.74) is 0. The van der Waals surface area contributed by atoms with Gasteiger partial charge in [-0.15, -0.1) is 0 Å². The lowest BCUT2D eigenvalue weighted by Crippen LogP contribution is -2.30. The van der Waals surface area contributed by atoms with Crippen LogP contribution < -0.4 is 0 Å². The highest BCUT2D eigenvalue weighted by Gasteiger charge is 2.29. The lowest BCUT2D eigenvalue weighted by molar-refractivity contribution is -0.161. The minimum Gasteiger partial charge on any atom is -0.463 e. The van der Waals surface area contributed by atoms with E-state index < -0.39 is 91.5 Å². The summed E-state index contributed by atoms with van der Waals surface area (Å²) in [5, 5.41) is 20.6. The van der Waals surface area contributed by atoms with Gasteiger partial charge in [-0.1, -0.05) is 256 Å². The Hall–Kier alpha value is -4.57. The van der Waals surface area contributed by atoms with Crippen molar-refractivity contribution in [3.63, 3.8) is 0 Å². The third kappa shape index (κ3) is 70.6. The second-order valence-corrected chi connectivity index (χ2v) is 26.5. The minimum absolute atomic E-state index is 0.0809. The second-order valence-electron chi connectivity index (χ2n) is 23.6. The maximum absolute atomic E-state index is 12.9. The van der Waals surface area contributed by atoms with Crippen molar-refractivity contribution in [1.29, 1.82) is 0 Å². The quantitative estimate of drug-likeness (QED) is 0.0146. The van der Waals surface area contributed by atoms with Gasteiger partial charge in [-0.25, -0.2) is 9.13 Å². The first-order chi connectivity index (χ1) is 46.2. The van der Waals surface area contributed by atoms with Crippen LogP contribution in [0.1, 0.15) is 265 Å². The van der Waals surface area contributed by atoms with Crippen molar-refractivity contribution in [3.05, 3.63) is 146 Å². The number of hydrogen-bond acceptors (Lipinski definition) is 14. The van der Waals surface area contributed by atoms with Crippen LogP contribution in [0.3, 0.4) is 0 Å². The van der Waals surface area contributed by atoms with Crippen molar-refractivity contribution in [2.24, 2.45) is 0 Å². The molecule has 16 nitrogen and oxygen atoms in total. The van der Waals surface area contributed by atoms with Crippen LogP contribution in [0.15, 0.2) is 146 Å². The van der Waals surface area contributed by atoms with E-state index in [2.05, 4.69) is 167 Å². The van der Waals surface area contributed by atoms with Crippen LogP contribution in [0.4, 0.5) is 0 Å². The molecule has 0 aromatic heterocycles. The molecule has 0 aromatic carbocycles. The largest absolute Gasteiger partial charge is 0.472 e. The number of phosphoric acid groups is 2. The number of allylic oxidation sites excluding steroid dienone is 24. The van der Waals surface area contributed by atoms with E-state index in [4.69, 9.17) is 32.3 Å². The van der Waals surface area contributed by atoms with Crippen molar-refractivity contribution in [2.45, 2.75) is 283 Å². The summed E-state index contributed by atoms with van der Waals surface area (Å²) in [6, 6.07) is 0. The number of rotatable bonds is 67. The van der Waals surface area contributed by atoms with Gasteiger partial charge in [-0.05, 0) is 135 Å². The molecule has 542 valence electrons. The SMILES string of the molecule is CC/C=C\C/C=C\C/C=C\C/C=C\C/C=C\C/C=C\CCCCCCCCCCC(=O)OCC(O)COP(=O)(O)OCC(O)COP(=O)(O)OCC(COC(=O)CCCCCCCC/C=C\C/C=C\C/C=C\C/C=C\CC)OC(=O)CCCCCCC/C=C\C/C=C\CCC. The first-order valence-corrected chi connectivity index (χ1v) is 39.1. The average molecular weight is 1370 g/mol. The number of unbranched alkanes of at least 4 members (excludes halogenated alkanes) is 20. The van der Waals surface area contributed by atoms with Crippen molar-refractivity contribution in [2.75, 3.05) is 39.6 Å². The average Bonchev–Trinajstić information content (AvgIpc) is 1.81. The van der Waals surface area contributed by atoms with Gasteiger partial charge in [0.1, 0.15) is 25.4 Å². The Bertz CT molecular complexity index is 2310. The van der Waals surface area contributed by atoms with Gasteiger partial charge in [0, 0.05) is 19.3 Å². The first-order valence-electron chi connectivity index (χ1n) is 36.1. The maximum Gasteiger partial charge on any atom is 0.472 e. The number of carbonyl (C=O) groups is 3. The highest BCUT2D eigenvalue weighted by atomic mass is 31.2.